The fraction of sp³-hybridized carbons (Fsp3) is 0.833. The molecule has 0 unspecified atom stereocenters. The van der Waals surface area contributed by atoms with Crippen molar-refractivity contribution in [2.45, 2.75) is 52.1 Å². The number of hydrogen-bond acceptors (Lipinski definition) is 1. The monoisotopic (exact) mass is 180 g/mol. The summed E-state index contributed by atoms with van der Waals surface area (Å²) in [4.78, 5) is 0. The smallest absolute Gasteiger partial charge is 0.0763 e. The van der Waals surface area contributed by atoms with E-state index in [1.54, 1.807) is 0 Å². The molecule has 1 saturated heterocycles. The van der Waals surface area contributed by atoms with Crippen molar-refractivity contribution in [1.29, 1.82) is 0 Å². The van der Waals surface area contributed by atoms with E-state index in [1.165, 1.54) is 31.3 Å². The fourth-order valence-corrected chi connectivity index (χ4v) is 2.19. The van der Waals surface area contributed by atoms with Gasteiger partial charge >= 0.3 is 0 Å². The predicted octanol–water partition coefficient (Wildman–Crippen LogP) is 3.30. The highest BCUT2D eigenvalue weighted by Gasteiger charge is 2.45. The molecule has 1 aliphatic heterocycles. The highest BCUT2D eigenvalue weighted by molar-refractivity contribution is 5.07. The minimum Gasteiger partial charge on any atom is -0.374 e. The standard InChI is InChI=1S/C12H20O/c1-3-10(2)8-11-9-12(4-5-12)6-7-13-11/h8,11H,3-7,9H2,1-2H3/b10-8-/t11-/m1/s1. The van der Waals surface area contributed by atoms with E-state index >= 15 is 0 Å². The van der Waals surface area contributed by atoms with Crippen molar-refractivity contribution in [2.75, 3.05) is 6.61 Å². The molecular formula is C12H20O. The van der Waals surface area contributed by atoms with Gasteiger partial charge in [0.25, 0.3) is 0 Å². The first-order valence-electron chi connectivity index (χ1n) is 5.53. The predicted molar refractivity (Wildman–Crippen MR) is 54.7 cm³/mol. The Morgan fingerprint density at radius 2 is 2.23 bits per heavy atom. The van der Waals surface area contributed by atoms with Crippen LogP contribution in [0.1, 0.15) is 46.0 Å². The first-order chi connectivity index (χ1) is 6.24. The second-order valence-electron chi connectivity index (χ2n) is 4.73. The molecule has 1 spiro atoms. The molecule has 74 valence electrons. The van der Waals surface area contributed by atoms with E-state index in [9.17, 15) is 0 Å². The lowest BCUT2D eigenvalue weighted by molar-refractivity contribution is 0.0112. The largest absolute Gasteiger partial charge is 0.374 e. The van der Waals surface area contributed by atoms with E-state index in [1.807, 2.05) is 0 Å². The summed E-state index contributed by atoms with van der Waals surface area (Å²) in [5.41, 5.74) is 2.19. The van der Waals surface area contributed by atoms with Gasteiger partial charge in [-0.2, -0.15) is 0 Å². The van der Waals surface area contributed by atoms with Crippen molar-refractivity contribution < 1.29 is 4.74 Å². The summed E-state index contributed by atoms with van der Waals surface area (Å²) in [6, 6.07) is 0. The van der Waals surface area contributed by atoms with Crippen LogP contribution in [0.15, 0.2) is 11.6 Å². The second-order valence-corrected chi connectivity index (χ2v) is 4.73. The molecule has 0 aromatic rings. The maximum atomic E-state index is 5.75. The average Bonchev–Trinajstić information content (AvgIpc) is 2.85. The van der Waals surface area contributed by atoms with Gasteiger partial charge in [-0.15, -0.1) is 0 Å². The van der Waals surface area contributed by atoms with Crippen LogP contribution in [-0.2, 0) is 4.74 Å². The topological polar surface area (TPSA) is 9.23 Å². The van der Waals surface area contributed by atoms with Crippen LogP contribution in [0.2, 0.25) is 0 Å². The van der Waals surface area contributed by atoms with Gasteiger partial charge in [0, 0.05) is 6.61 Å². The third-order valence-electron chi connectivity index (χ3n) is 3.58. The van der Waals surface area contributed by atoms with E-state index in [-0.39, 0.29) is 0 Å². The Morgan fingerprint density at radius 1 is 1.46 bits per heavy atom. The van der Waals surface area contributed by atoms with Crippen molar-refractivity contribution in [1.82, 2.24) is 0 Å². The number of allylic oxidation sites excluding steroid dienone is 1. The lowest BCUT2D eigenvalue weighted by Crippen LogP contribution is -2.25. The number of hydrogen-bond donors (Lipinski definition) is 0. The zero-order valence-electron chi connectivity index (χ0n) is 8.81. The first-order valence-corrected chi connectivity index (χ1v) is 5.53. The minimum atomic E-state index is 0.427. The van der Waals surface area contributed by atoms with Gasteiger partial charge in [-0.05, 0) is 44.4 Å². The molecule has 1 atom stereocenters. The van der Waals surface area contributed by atoms with Crippen LogP contribution in [0.3, 0.4) is 0 Å². The summed E-state index contributed by atoms with van der Waals surface area (Å²) in [5.74, 6) is 0. The van der Waals surface area contributed by atoms with Gasteiger partial charge < -0.3 is 4.74 Å². The Morgan fingerprint density at radius 3 is 2.85 bits per heavy atom. The second kappa shape index (κ2) is 3.45. The van der Waals surface area contributed by atoms with Crippen LogP contribution in [0, 0.1) is 5.41 Å². The average molecular weight is 180 g/mol. The molecule has 1 aliphatic carbocycles. The van der Waals surface area contributed by atoms with Crippen molar-refractivity contribution >= 4 is 0 Å². The lowest BCUT2D eigenvalue weighted by Gasteiger charge is -2.28. The van der Waals surface area contributed by atoms with Gasteiger partial charge in [0.05, 0.1) is 6.10 Å². The van der Waals surface area contributed by atoms with Crippen LogP contribution in [0.25, 0.3) is 0 Å². The number of rotatable bonds is 2. The molecule has 0 amide bonds. The summed E-state index contributed by atoms with van der Waals surface area (Å²) in [7, 11) is 0. The minimum absolute atomic E-state index is 0.427. The molecule has 1 saturated carbocycles. The van der Waals surface area contributed by atoms with Crippen LogP contribution in [-0.4, -0.2) is 12.7 Å². The van der Waals surface area contributed by atoms with Crippen molar-refractivity contribution in [3.05, 3.63) is 11.6 Å². The molecule has 0 aromatic heterocycles. The zero-order chi connectivity index (χ0) is 9.31. The van der Waals surface area contributed by atoms with Gasteiger partial charge in [0.2, 0.25) is 0 Å². The molecule has 0 bridgehead atoms. The van der Waals surface area contributed by atoms with Crippen molar-refractivity contribution in [3.8, 4) is 0 Å². The molecule has 2 aliphatic rings. The van der Waals surface area contributed by atoms with E-state index < -0.39 is 0 Å². The summed E-state index contributed by atoms with van der Waals surface area (Å²) in [6.07, 6.45) is 9.41. The fourth-order valence-electron chi connectivity index (χ4n) is 2.19. The highest BCUT2D eigenvalue weighted by Crippen LogP contribution is 2.54. The summed E-state index contributed by atoms with van der Waals surface area (Å²) in [6.45, 7) is 5.40. The van der Waals surface area contributed by atoms with Crippen LogP contribution in [0.4, 0.5) is 0 Å². The molecule has 0 radical (unpaired) electrons. The Kier molecular flexibility index (Phi) is 2.46. The Balaban J connectivity index is 1.92. The lowest BCUT2D eigenvalue weighted by atomic mass is 9.91. The highest BCUT2D eigenvalue weighted by atomic mass is 16.5. The summed E-state index contributed by atoms with van der Waals surface area (Å²) >= 11 is 0. The van der Waals surface area contributed by atoms with E-state index in [2.05, 4.69) is 19.9 Å². The first kappa shape index (κ1) is 9.26. The molecule has 1 nitrogen and oxygen atoms in total. The SMILES string of the molecule is CC/C(C)=C\[C@@H]1CC2(CCO1)CC2. The molecule has 13 heavy (non-hydrogen) atoms. The van der Waals surface area contributed by atoms with Crippen LogP contribution < -0.4 is 0 Å². The normalized spacial score (nSPS) is 32.2. The quantitative estimate of drug-likeness (QED) is 0.592. The third-order valence-corrected chi connectivity index (χ3v) is 3.58. The molecule has 1 heteroatoms. The molecule has 2 rings (SSSR count). The molecule has 2 fully saturated rings. The van der Waals surface area contributed by atoms with Crippen molar-refractivity contribution in [2.24, 2.45) is 5.41 Å². The molecule has 0 aromatic carbocycles. The maximum Gasteiger partial charge on any atom is 0.0763 e. The number of ether oxygens (including phenoxy) is 1. The summed E-state index contributed by atoms with van der Waals surface area (Å²) in [5, 5.41) is 0. The van der Waals surface area contributed by atoms with Gasteiger partial charge in [-0.3, -0.25) is 0 Å². The van der Waals surface area contributed by atoms with Gasteiger partial charge in [0.15, 0.2) is 0 Å². The van der Waals surface area contributed by atoms with Crippen LogP contribution in [0.5, 0.6) is 0 Å². The maximum absolute atomic E-state index is 5.75. The summed E-state index contributed by atoms with van der Waals surface area (Å²) < 4.78 is 5.75. The molecular weight excluding hydrogens is 160 g/mol. The van der Waals surface area contributed by atoms with Crippen LogP contribution >= 0.6 is 0 Å². The zero-order valence-corrected chi connectivity index (χ0v) is 8.81. The Bertz CT molecular complexity index is 213. The molecule has 0 N–H and O–H groups in total. The Labute approximate surface area is 81.2 Å². The third kappa shape index (κ3) is 2.14. The van der Waals surface area contributed by atoms with E-state index in [0.717, 1.165) is 13.0 Å². The van der Waals surface area contributed by atoms with E-state index in [0.29, 0.717) is 11.5 Å². The van der Waals surface area contributed by atoms with Gasteiger partial charge in [-0.25, -0.2) is 0 Å². The van der Waals surface area contributed by atoms with Crippen molar-refractivity contribution in [3.63, 3.8) is 0 Å². The molecule has 1 heterocycles. The van der Waals surface area contributed by atoms with Gasteiger partial charge in [-0.1, -0.05) is 18.6 Å². The van der Waals surface area contributed by atoms with E-state index in [4.69, 9.17) is 4.74 Å². The van der Waals surface area contributed by atoms with Gasteiger partial charge in [0.1, 0.15) is 0 Å². The Hall–Kier alpha value is -0.300.